The summed E-state index contributed by atoms with van der Waals surface area (Å²) < 4.78 is 4.90. The Morgan fingerprint density at radius 2 is 2.06 bits per heavy atom. The van der Waals surface area contributed by atoms with Crippen molar-refractivity contribution in [2.45, 2.75) is 6.92 Å². The van der Waals surface area contributed by atoms with Crippen LogP contribution in [0.25, 0.3) is 0 Å². The van der Waals surface area contributed by atoms with E-state index in [2.05, 4.69) is 10.1 Å². The smallest absolute Gasteiger partial charge is 0.341 e. The SMILES string of the molecule is COC(=O)c1ccc(NC(C)=O)c(I)c1O. The highest BCUT2D eigenvalue weighted by molar-refractivity contribution is 14.1. The predicted octanol–water partition coefficient (Wildman–Crippen LogP) is 1.74. The molecule has 1 rings (SSSR count). The van der Waals surface area contributed by atoms with Gasteiger partial charge >= 0.3 is 5.97 Å². The second-order valence-corrected chi connectivity index (χ2v) is 4.07. The summed E-state index contributed by atoms with van der Waals surface area (Å²) in [5.41, 5.74) is 0.527. The summed E-state index contributed by atoms with van der Waals surface area (Å²) >= 11 is 1.84. The van der Waals surface area contributed by atoms with Gasteiger partial charge in [0.05, 0.1) is 16.4 Å². The van der Waals surface area contributed by atoms with Gasteiger partial charge in [-0.2, -0.15) is 0 Å². The van der Waals surface area contributed by atoms with Gasteiger partial charge in [-0.15, -0.1) is 0 Å². The number of amides is 1. The molecule has 0 saturated heterocycles. The minimum Gasteiger partial charge on any atom is -0.506 e. The molecule has 0 unspecified atom stereocenters. The Bertz CT molecular complexity index is 445. The van der Waals surface area contributed by atoms with E-state index in [9.17, 15) is 14.7 Å². The third kappa shape index (κ3) is 2.63. The van der Waals surface area contributed by atoms with Crippen LogP contribution in [0, 0.1) is 3.57 Å². The highest BCUT2D eigenvalue weighted by atomic mass is 127. The van der Waals surface area contributed by atoms with Crippen LogP contribution < -0.4 is 5.32 Å². The first-order valence-corrected chi connectivity index (χ1v) is 5.42. The van der Waals surface area contributed by atoms with Crippen molar-refractivity contribution in [2.75, 3.05) is 12.4 Å². The lowest BCUT2D eigenvalue weighted by atomic mass is 10.2. The van der Waals surface area contributed by atoms with Gasteiger partial charge in [0, 0.05) is 6.92 Å². The molecular weight excluding hydrogens is 325 g/mol. The van der Waals surface area contributed by atoms with E-state index in [0.29, 0.717) is 9.26 Å². The third-order valence-corrected chi connectivity index (χ3v) is 2.92. The fraction of sp³-hybridized carbons (Fsp3) is 0.200. The molecule has 0 spiro atoms. The number of carbonyl (C=O) groups excluding carboxylic acids is 2. The van der Waals surface area contributed by atoms with Crippen molar-refractivity contribution in [1.29, 1.82) is 0 Å². The highest BCUT2D eigenvalue weighted by Gasteiger charge is 2.16. The lowest BCUT2D eigenvalue weighted by Crippen LogP contribution is -2.09. The zero-order chi connectivity index (χ0) is 12.3. The van der Waals surface area contributed by atoms with Gasteiger partial charge in [-0.1, -0.05) is 0 Å². The average molecular weight is 335 g/mol. The molecule has 1 amide bonds. The van der Waals surface area contributed by atoms with E-state index >= 15 is 0 Å². The quantitative estimate of drug-likeness (QED) is 0.638. The highest BCUT2D eigenvalue weighted by Crippen LogP contribution is 2.31. The number of benzene rings is 1. The number of nitrogens with one attached hydrogen (secondary N) is 1. The Balaban J connectivity index is 3.17. The monoisotopic (exact) mass is 335 g/mol. The summed E-state index contributed by atoms with van der Waals surface area (Å²) in [5.74, 6) is -1.06. The fourth-order valence-electron chi connectivity index (χ4n) is 1.13. The van der Waals surface area contributed by atoms with Gasteiger partial charge < -0.3 is 15.2 Å². The Morgan fingerprint density at radius 3 is 2.56 bits per heavy atom. The number of esters is 1. The Kier molecular flexibility index (Phi) is 4.11. The van der Waals surface area contributed by atoms with Crippen molar-refractivity contribution < 1.29 is 19.4 Å². The van der Waals surface area contributed by atoms with E-state index < -0.39 is 5.97 Å². The maximum atomic E-state index is 11.2. The molecule has 0 bridgehead atoms. The first-order valence-electron chi connectivity index (χ1n) is 4.34. The summed E-state index contributed by atoms with van der Waals surface area (Å²) in [6.07, 6.45) is 0. The van der Waals surface area contributed by atoms with E-state index in [1.54, 1.807) is 0 Å². The summed E-state index contributed by atoms with van der Waals surface area (Å²) in [7, 11) is 1.23. The van der Waals surface area contributed by atoms with Gasteiger partial charge in [-0.05, 0) is 34.7 Å². The number of phenols is 1. The number of phenolic OH excluding ortho intramolecular Hbond substituents is 1. The van der Waals surface area contributed by atoms with E-state index in [-0.39, 0.29) is 17.2 Å². The molecule has 5 nitrogen and oxygen atoms in total. The number of halogens is 1. The maximum Gasteiger partial charge on any atom is 0.341 e. The molecule has 16 heavy (non-hydrogen) atoms. The molecule has 0 radical (unpaired) electrons. The van der Waals surface area contributed by atoms with Gasteiger partial charge in [0.1, 0.15) is 11.3 Å². The molecule has 2 N–H and O–H groups in total. The second kappa shape index (κ2) is 5.15. The minimum atomic E-state index is -0.621. The van der Waals surface area contributed by atoms with Crippen LogP contribution in [0.2, 0.25) is 0 Å². The predicted molar refractivity (Wildman–Crippen MR) is 66.5 cm³/mol. The Hall–Kier alpha value is -1.31. The van der Waals surface area contributed by atoms with E-state index in [1.165, 1.54) is 26.2 Å². The van der Waals surface area contributed by atoms with Crippen molar-refractivity contribution in [1.82, 2.24) is 0 Å². The minimum absolute atomic E-state index is 0.0704. The van der Waals surface area contributed by atoms with Crippen LogP contribution in [0.5, 0.6) is 5.75 Å². The van der Waals surface area contributed by atoms with Gasteiger partial charge in [0.25, 0.3) is 0 Å². The van der Waals surface area contributed by atoms with Crippen molar-refractivity contribution in [3.63, 3.8) is 0 Å². The molecule has 86 valence electrons. The summed E-state index contributed by atoms with van der Waals surface area (Å²) in [5, 5.41) is 12.3. The molecule has 0 saturated carbocycles. The number of carbonyl (C=O) groups is 2. The lowest BCUT2D eigenvalue weighted by molar-refractivity contribution is -0.114. The Labute approximate surface area is 106 Å². The van der Waals surface area contributed by atoms with Crippen LogP contribution in [-0.4, -0.2) is 24.1 Å². The molecule has 0 aliphatic heterocycles. The zero-order valence-electron chi connectivity index (χ0n) is 8.70. The number of methoxy groups -OCH3 is 1. The van der Waals surface area contributed by atoms with Crippen LogP contribution in [0.3, 0.4) is 0 Å². The molecule has 0 aromatic heterocycles. The number of rotatable bonds is 2. The van der Waals surface area contributed by atoms with Crippen molar-refractivity contribution in [2.24, 2.45) is 0 Å². The van der Waals surface area contributed by atoms with Crippen molar-refractivity contribution >= 4 is 40.2 Å². The molecule has 0 aliphatic carbocycles. The largest absolute Gasteiger partial charge is 0.506 e. The Morgan fingerprint density at radius 1 is 1.44 bits per heavy atom. The lowest BCUT2D eigenvalue weighted by Gasteiger charge is -2.09. The van der Waals surface area contributed by atoms with Gasteiger partial charge in [0.2, 0.25) is 5.91 Å². The summed E-state index contributed by atoms with van der Waals surface area (Å²) in [4.78, 5) is 22.1. The number of hydrogen-bond acceptors (Lipinski definition) is 4. The van der Waals surface area contributed by atoms with Crippen molar-refractivity contribution in [3.05, 3.63) is 21.3 Å². The topological polar surface area (TPSA) is 75.6 Å². The van der Waals surface area contributed by atoms with E-state index in [0.717, 1.165) is 0 Å². The van der Waals surface area contributed by atoms with Crippen LogP contribution >= 0.6 is 22.6 Å². The molecule has 0 fully saturated rings. The van der Waals surface area contributed by atoms with E-state index in [1.807, 2.05) is 22.6 Å². The molecule has 0 heterocycles. The fourth-order valence-corrected chi connectivity index (χ4v) is 1.73. The van der Waals surface area contributed by atoms with Crippen LogP contribution in [0.1, 0.15) is 17.3 Å². The number of hydrogen-bond donors (Lipinski definition) is 2. The van der Waals surface area contributed by atoms with Crippen LogP contribution in [0.4, 0.5) is 5.69 Å². The molecule has 1 aromatic rings. The summed E-state index contributed by atoms with van der Waals surface area (Å²) in [6, 6.07) is 2.93. The van der Waals surface area contributed by atoms with E-state index in [4.69, 9.17) is 0 Å². The molecule has 0 atom stereocenters. The number of ether oxygens (including phenoxy) is 1. The first kappa shape index (κ1) is 12.8. The van der Waals surface area contributed by atoms with Gasteiger partial charge in [0.15, 0.2) is 0 Å². The zero-order valence-corrected chi connectivity index (χ0v) is 10.9. The van der Waals surface area contributed by atoms with Crippen LogP contribution in [0.15, 0.2) is 12.1 Å². The molecular formula is C10H10INO4. The van der Waals surface area contributed by atoms with Gasteiger partial charge in [-0.25, -0.2) is 4.79 Å². The van der Waals surface area contributed by atoms with Crippen LogP contribution in [-0.2, 0) is 9.53 Å². The maximum absolute atomic E-state index is 11.2. The summed E-state index contributed by atoms with van der Waals surface area (Å²) in [6.45, 7) is 1.36. The first-order chi connectivity index (χ1) is 7.47. The molecule has 1 aromatic carbocycles. The number of anilines is 1. The average Bonchev–Trinajstić information content (AvgIpc) is 2.23. The molecule has 6 heteroatoms. The second-order valence-electron chi connectivity index (χ2n) is 3.00. The van der Waals surface area contributed by atoms with Gasteiger partial charge in [-0.3, -0.25) is 4.79 Å². The van der Waals surface area contributed by atoms with Crippen molar-refractivity contribution in [3.8, 4) is 5.75 Å². The molecule has 0 aliphatic rings. The third-order valence-electron chi connectivity index (χ3n) is 1.83. The number of aromatic hydroxyl groups is 1. The standard InChI is InChI=1S/C10H10INO4/c1-5(13)12-7-4-3-6(10(15)16-2)9(14)8(7)11/h3-4,14H,1-2H3,(H,12,13). The normalized spacial score (nSPS) is 9.69.